The van der Waals surface area contributed by atoms with Gasteiger partial charge in [0.05, 0.1) is 6.10 Å². The molecule has 92 valence electrons. The Labute approximate surface area is 95.0 Å². The number of rotatable bonds is 11. The molecule has 0 heterocycles. The summed E-state index contributed by atoms with van der Waals surface area (Å²) in [5.74, 6) is 0. The normalized spacial score (nSPS) is 13.0. The van der Waals surface area contributed by atoms with E-state index < -0.39 is 0 Å². The third kappa shape index (κ3) is 13.9. The second-order valence-corrected chi connectivity index (χ2v) is 4.37. The van der Waals surface area contributed by atoms with Crippen molar-refractivity contribution in [2.24, 2.45) is 0 Å². The molecule has 0 amide bonds. The molecule has 0 aliphatic carbocycles. The molecule has 1 atom stereocenters. The largest absolute Gasteiger partial charge is 0.393 e. The van der Waals surface area contributed by atoms with Crippen molar-refractivity contribution in [2.45, 2.75) is 71.3 Å². The highest BCUT2D eigenvalue weighted by Crippen LogP contribution is 2.03. The average Bonchev–Trinajstić information content (AvgIpc) is 2.20. The number of aliphatic hydroxyl groups excluding tert-OH is 1. The Bertz CT molecular complexity index is 113. The standard InChI is InChI=1S/C13H28O2/c1-3-4-5-6-8-11-15-12-9-7-10-13(2)14/h13-14H,3-12H2,1-2H3. The molecule has 1 unspecified atom stereocenters. The molecule has 0 aliphatic heterocycles. The molecule has 0 bridgehead atoms. The molecule has 15 heavy (non-hydrogen) atoms. The highest BCUT2D eigenvalue weighted by atomic mass is 16.5. The van der Waals surface area contributed by atoms with Crippen LogP contribution in [0.15, 0.2) is 0 Å². The Morgan fingerprint density at radius 2 is 1.53 bits per heavy atom. The molecule has 2 nitrogen and oxygen atoms in total. The molecule has 0 aromatic heterocycles. The molecule has 0 saturated heterocycles. The Kier molecular flexibility index (Phi) is 11.9. The first kappa shape index (κ1) is 14.9. The van der Waals surface area contributed by atoms with Crippen molar-refractivity contribution in [3.05, 3.63) is 0 Å². The van der Waals surface area contributed by atoms with Crippen molar-refractivity contribution in [3.63, 3.8) is 0 Å². The molecule has 0 radical (unpaired) electrons. The fraction of sp³-hybridized carbons (Fsp3) is 1.00. The van der Waals surface area contributed by atoms with Crippen molar-refractivity contribution in [1.29, 1.82) is 0 Å². The minimum atomic E-state index is -0.154. The molecule has 1 N–H and O–H groups in total. The number of hydrogen-bond donors (Lipinski definition) is 1. The van der Waals surface area contributed by atoms with Crippen molar-refractivity contribution < 1.29 is 9.84 Å². The lowest BCUT2D eigenvalue weighted by Gasteiger charge is -2.05. The summed E-state index contributed by atoms with van der Waals surface area (Å²) in [5, 5.41) is 9.03. The van der Waals surface area contributed by atoms with Gasteiger partial charge in [0, 0.05) is 13.2 Å². The third-order valence-electron chi connectivity index (χ3n) is 2.55. The van der Waals surface area contributed by atoms with Gasteiger partial charge < -0.3 is 9.84 Å². The van der Waals surface area contributed by atoms with Gasteiger partial charge in [0.2, 0.25) is 0 Å². The highest BCUT2D eigenvalue weighted by molar-refractivity contribution is 4.47. The van der Waals surface area contributed by atoms with Crippen LogP contribution >= 0.6 is 0 Å². The SMILES string of the molecule is CCCCCCCOCCCCC(C)O. The van der Waals surface area contributed by atoms with Crippen molar-refractivity contribution in [1.82, 2.24) is 0 Å². The van der Waals surface area contributed by atoms with Gasteiger partial charge in [-0.2, -0.15) is 0 Å². The Balaban J connectivity index is 2.87. The molecule has 0 rings (SSSR count). The van der Waals surface area contributed by atoms with E-state index >= 15 is 0 Å². The van der Waals surface area contributed by atoms with Gasteiger partial charge in [-0.15, -0.1) is 0 Å². The number of hydrogen-bond acceptors (Lipinski definition) is 2. The smallest absolute Gasteiger partial charge is 0.0512 e. The number of aliphatic hydroxyl groups is 1. The van der Waals surface area contributed by atoms with Crippen molar-refractivity contribution >= 4 is 0 Å². The van der Waals surface area contributed by atoms with Crippen LogP contribution in [0.5, 0.6) is 0 Å². The average molecular weight is 216 g/mol. The summed E-state index contributed by atoms with van der Waals surface area (Å²) in [6, 6.07) is 0. The minimum Gasteiger partial charge on any atom is -0.393 e. The monoisotopic (exact) mass is 216 g/mol. The second kappa shape index (κ2) is 12.0. The van der Waals surface area contributed by atoms with E-state index in [1.165, 1.54) is 32.1 Å². The first-order chi connectivity index (χ1) is 7.27. The molecular weight excluding hydrogens is 188 g/mol. The topological polar surface area (TPSA) is 29.5 Å². The predicted octanol–water partition coefficient (Wildman–Crippen LogP) is 3.52. The Morgan fingerprint density at radius 1 is 0.933 bits per heavy atom. The van der Waals surface area contributed by atoms with E-state index in [1.54, 1.807) is 0 Å². The molecule has 0 spiro atoms. The zero-order chi connectivity index (χ0) is 11.4. The molecule has 0 aromatic rings. The van der Waals surface area contributed by atoms with E-state index in [1.807, 2.05) is 6.92 Å². The van der Waals surface area contributed by atoms with Crippen LogP contribution in [0.1, 0.15) is 65.2 Å². The molecule has 0 fully saturated rings. The zero-order valence-corrected chi connectivity index (χ0v) is 10.5. The van der Waals surface area contributed by atoms with E-state index in [9.17, 15) is 0 Å². The van der Waals surface area contributed by atoms with Crippen LogP contribution in [0, 0.1) is 0 Å². The molecular formula is C13H28O2. The van der Waals surface area contributed by atoms with Gasteiger partial charge in [0.1, 0.15) is 0 Å². The van der Waals surface area contributed by atoms with E-state index in [0.717, 1.165) is 32.5 Å². The lowest BCUT2D eigenvalue weighted by Crippen LogP contribution is -2.01. The van der Waals surface area contributed by atoms with Gasteiger partial charge in [0.15, 0.2) is 0 Å². The quantitative estimate of drug-likeness (QED) is 0.535. The lowest BCUT2D eigenvalue weighted by atomic mass is 10.2. The molecule has 0 aromatic carbocycles. The molecule has 0 aliphatic rings. The number of ether oxygens (including phenoxy) is 1. The summed E-state index contributed by atoms with van der Waals surface area (Å²) in [6.45, 7) is 5.85. The van der Waals surface area contributed by atoms with Gasteiger partial charge in [-0.05, 0) is 32.6 Å². The van der Waals surface area contributed by atoms with Crippen LogP contribution in [-0.4, -0.2) is 24.4 Å². The van der Waals surface area contributed by atoms with Crippen LogP contribution in [0.3, 0.4) is 0 Å². The van der Waals surface area contributed by atoms with E-state index in [0.29, 0.717) is 0 Å². The summed E-state index contributed by atoms with van der Waals surface area (Å²) in [6.07, 6.45) is 9.43. The van der Waals surface area contributed by atoms with Crippen LogP contribution in [-0.2, 0) is 4.74 Å². The first-order valence-corrected chi connectivity index (χ1v) is 6.53. The summed E-state index contributed by atoms with van der Waals surface area (Å²) < 4.78 is 5.51. The zero-order valence-electron chi connectivity index (χ0n) is 10.5. The fourth-order valence-corrected chi connectivity index (χ4v) is 1.55. The van der Waals surface area contributed by atoms with Crippen molar-refractivity contribution in [2.75, 3.05) is 13.2 Å². The maximum atomic E-state index is 9.03. The van der Waals surface area contributed by atoms with Crippen LogP contribution in [0.25, 0.3) is 0 Å². The fourth-order valence-electron chi connectivity index (χ4n) is 1.55. The Hall–Kier alpha value is -0.0800. The summed E-state index contributed by atoms with van der Waals surface area (Å²) in [7, 11) is 0. The van der Waals surface area contributed by atoms with Gasteiger partial charge in [0.25, 0.3) is 0 Å². The van der Waals surface area contributed by atoms with E-state index in [-0.39, 0.29) is 6.10 Å². The Morgan fingerprint density at radius 3 is 2.13 bits per heavy atom. The lowest BCUT2D eigenvalue weighted by molar-refractivity contribution is 0.119. The molecule has 2 heteroatoms. The van der Waals surface area contributed by atoms with Crippen LogP contribution < -0.4 is 0 Å². The predicted molar refractivity (Wildman–Crippen MR) is 65.1 cm³/mol. The van der Waals surface area contributed by atoms with Crippen LogP contribution in [0.4, 0.5) is 0 Å². The van der Waals surface area contributed by atoms with E-state index in [4.69, 9.17) is 9.84 Å². The molecule has 0 saturated carbocycles. The van der Waals surface area contributed by atoms with E-state index in [2.05, 4.69) is 6.92 Å². The highest BCUT2D eigenvalue weighted by Gasteiger charge is 1.95. The summed E-state index contributed by atoms with van der Waals surface area (Å²) in [4.78, 5) is 0. The van der Waals surface area contributed by atoms with Crippen molar-refractivity contribution in [3.8, 4) is 0 Å². The third-order valence-corrected chi connectivity index (χ3v) is 2.55. The van der Waals surface area contributed by atoms with Gasteiger partial charge in [-0.3, -0.25) is 0 Å². The first-order valence-electron chi connectivity index (χ1n) is 6.53. The van der Waals surface area contributed by atoms with Gasteiger partial charge >= 0.3 is 0 Å². The maximum absolute atomic E-state index is 9.03. The maximum Gasteiger partial charge on any atom is 0.0512 e. The summed E-state index contributed by atoms with van der Waals surface area (Å²) >= 11 is 0. The van der Waals surface area contributed by atoms with Crippen LogP contribution in [0.2, 0.25) is 0 Å². The van der Waals surface area contributed by atoms with Gasteiger partial charge in [-0.25, -0.2) is 0 Å². The number of unbranched alkanes of at least 4 members (excludes halogenated alkanes) is 5. The summed E-state index contributed by atoms with van der Waals surface area (Å²) in [5.41, 5.74) is 0. The minimum absolute atomic E-state index is 0.154. The van der Waals surface area contributed by atoms with Gasteiger partial charge in [-0.1, -0.05) is 32.6 Å². The second-order valence-electron chi connectivity index (χ2n) is 4.37.